The summed E-state index contributed by atoms with van der Waals surface area (Å²) in [6, 6.07) is 3.55. The predicted molar refractivity (Wildman–Crippen MR) is 102 cm³/mol. The number of carbonyl (C=O) groups is 1. The fourth-order valence-electron chi connectivity index (χ4n) is 2.81. The van der Waals surface area contributed by atoms with Gasteiger partial charge in [-0.1, -0.05) is 0 Å². The van der Waals surface area contributed by atoms with Gasteiger partial charge in [0.15, 0.2) is 0 Å². The third-order valence-corrected chi connectivity index (χ3v) is 4.20. The van der Waals surface area contributed by atoms with E-state index in [1.165, 1.54) is 0 Å². The highest BCUT2D eigenvalue weighted by Gasteiger charge is 2.32. The van der Waals surface area contributed by atoms with Gasteiger partial charge >= 0.3 is 0 Å². The quantitative estimate of drug-likeness (QED) is 0.788. The molecule has 6 nitrogen and oxygen atoms in total. The van der Waals surface area contributed by atoms with Crippen molar-refractivity contribution in [2.24, 2.45) is 5.41 Å². The highest BCUT2D eigenvalue weighted by Crippen LogP contribution is 2.28. The lowest BCUT2D eigenvalue weighted by Crippen LogP contribution is -2.47. The first-order chi connectivity index (χ1) is 10.6. The van der Waals surface area contributed by atoms with Gasteiger partial charge in [0.1, 0.15) is 5.82 Å². The Morgan fingerprint density at radius 2 is 2.04 bits per heavy atom. The summed E-state index contributed by atoms with van der Waals surface area (Å²) in [5, 5.41) is 6.42. The summed E-state index contributed by atoms with van der Waals surface area (Å²) >= 11 is 0. The van der Waals surface area contributed by atoms with Crippen LogP contribution in [0.15, 0.2) is 18.3 Å². The first-order valence-electron chi connectivity index (χ1n) is 7.68. The molecule has 0 bridgehead atoms. The lowest BCUT2D eigenvalue weighted by atomic mass is 9.79. The average Bonchev–Trinajstić information content (AvgIpc) is 2.54. The van der Waals surface area contributed by atoms with Crippen LogP contribution in [0.4, 0.5) is 5.82 Å². The molecule has 1 aromatic rings. The van der Waals surface area contributed by atoms with Crippen LogP contribution in [0.3, 0.4) is 0 Å². The monoisotopic (exact) mass is 378 g/mol. The first-order valence-corrected chi connectivity index (χ1v) is 7.68. The highest BCUT2D eigenvalue weighted by atomic mass is 35.5. The molecule has 1 saturated heterocycles. The predicted octanol–water partition coefficient (Wildman–Crippen LogP) is 1.74. The van der Waals surface area contributed by atoms with Crippen molar-refractivity contribution >= 4 is 36.5 Å². The molecular formula is C16H28Cl2N4O2. The molecular weight excluding hydrogens is 351 g/mol. The topological polar surface area (TPSA) is 66.5 Å². The highest BCUT2D eigenvalue weighted by molar-refractivity contribution is 5.94. The Morgan fingerprint density at radius 1 is 1.38 bits per heavy atom. The van der Waals surface area contributed by atoms with E-state index in [0.29, 0.717) is 18.7 Å². The fraction of sp³-hybridized carbons (Fsp3) is 0.625. The standard InChI is InChI=1S/C16H26N4O2.2ClH/c1-20(2)14-10-13(4-7-18-14)15(21)19-11-16(12-22-3)5-8-17-9-6-16;;/h4,7,10,17H,5-6,8-9,11-12H2,1-3H3,(H,19,21);2*1H. The fourth-order valence-corrected chi connectivity index (χ4v) is 2.81. The summed E-state index contributed by atoms with van der Waals surface area (Å²) in [5.41, 5.74) is 0.674. The van der Waals surface area contributed by atoms with Gasteiger partial charge < -0.3 is 20.3 Å². The van der Waals surface area contributed by atoms with Crippen molar-refractivity contribution in [1.82, 2.24) is 15.6 Å². The summed E-state index contributed by atoms with van der Waals surface area (Å²) in [5.74, 6) is 0.723. The zero-order chi connectivity index (χ0) is 16.0. The van der Waals surface area contributed by atoms with E-state index in [1.807, 2.05) is 19.0 Å². The second kappa shape index (κ2) is 10.7. The number of halogens is 2. The third kappa shape index (κ3) is 6.09. The molecule has 1 aliphatic rings. The minimum absolute atomic E-state index is 0. The number of nitrogens with zero attached hydrogens (tertiary/aromatic N) is 2. The Bertz CT molecular complexity index is 503. The molecule has 0 saturated carbocycles. The van der Waals surface area contributed by atoms with Crippen LogP contribution in [0.1, 0.15) is 23.2 Å². The number of aromatic nitrogens is 1. The second-order valence-corrected chi connectivity index (χ2v) is 6.16. The number of nitrogens with one attached hydrogen (secondary N) is 2. The Hall–Kier alpha value is -1.08. The molecule has 0 atom stereocenters. The Morgan fingerprint density at radius 3 is 2.62 bits per heavy atom. The minimum atomic E-state index is -0.0560. The number of amides is 1. The number of pyridine rings is 1. The summed E-state index contributed by atoms with van der Waals surface area (Å²) in [4.78, 5) is 18.5. The number of hydrogen-bond donors (Lipinski definition) is 2. The molecule has 1 fully saturated rings. The van der Waals surface area contributed by atoms with Gasteiger partial charge in [-0.15, -0.1) is 24.8 Å². The molecule has 2 heterocycles. The van der Waals surface area contributed by atoms with Crippen molar-refractivity contribution in [3.05, 3.63) is 23.9 Å². The van der Waals surface area contributed by atoms with Gasteiger partial charge in [-0.25, -0.2) is 4.98 Å². The maximum Gasteiger partial charge on any atom is 0.251 e. The zero-order valence-electron chi connectivity index (χ0n) is 14.5. The van der Waals surface area contributed by atoms with Crippen LogP contribution in [0.5, 0.6) is 0 Å². The van der Waals surface area contributed by atoms with E-state index in [9.17, 15) is 4.79 Å². The van der Waals surface area contributed by atoms with Crippen molar-refractivity contribution < 1.29 is 9.53 Å². The van der Waals surface area contributed by atoms with Gasteiger partial charge in [0.2, 0.25) is 0 Å². The molecule has 0 aromatic carbocycles. The molecule has 0 spiro atoms. The molecule has 0 radical (unpaired) electrons. The van der Waals surface area contributed by atoms with Crippen molar-refractivity contribution in [3.8, 4) is 0 Å². The van der Waals surface area contributed by atoms with Gasteiger partial charge in [0.25, 0.3) is 5.91 Å². The molecule has 8 heteroatoms. The van der Waals surface area contributed by atoms with Gasteiger partial charge in [0.05, 0.1) is 6.61 Å². The van der Waals surface area contributed by atoms with E-state index in [-0.39, 0.29) is 36.1 Å². The summed E-state index contributed by atoms with van der Waals surface area (Å²) < 4.78 is 5.38. The zero-order valence-corrected chi connectivity index (χ0v) is 16.1. The van der Waals surface area contributed by atoms with Crippen LogP contribution in [0.2, 0.25) is 0 Å². The van der Waals surface area contributed by atoms with E-state index < -0.39 is 0 Å². The van der Waals surface area contributed by atoms with E-state index >= 15 is 0 Å². The van der Waals surface area contributed by atoms with Crippen molar-refractivity contribution in [3.63, 3.8) is 0 Å². The van der Waals surface area contributed by atoms with Crippen LogP contribution in [0, 0.1) is 5.41 Å². The molecule has 24 heavy (non-hydrogen) atoms. The number of carbonyl (C=O) groups excluding carboxylic acids is 1. The van der Waals surface area contributed by atoms with Crippen LogP contribution in [0.25, 0.3) is 0 Å². The normalized spacial score (nSPS) is 15.6. The lowest BCUT2D eigenvalue weighted by molar-refractivity contribution is 0.0511. The van der Waals surface area contributed by atoms with Crippen LogP contribution >= 0.6 is 24.8 Å². The van der Waals surface area contributed by atoms with Crippen LogP contribution in [-0.4, -0.2) is 58.3 Å². The molecule has 1 aromatic heterocycles. The average molecular weight is 379 g/mol. The number of rotatable bonds is 6. The van der Waals surface area contributed by atoms with E-state index in [1.54, 1.807) is 25.4 Å². The molecule has 1 amide bonds. The van der Waals surface area contributed by atoms with Crippen molar-refractivity contribution in [2.75, 3.05) is 52.3 Å². The maximum atomic E-state index is 12.4. The summed E-state index contributed by atoms with van der Waals surface area (Å²) in [7, 11) is 5.54. The maximum absolute atomic E-state index is 12.4. The van der Waals surface area contributed by atoms with Gasteiger partial charge in [0, 0.05) is 44.9 Å². The number of anilines is 1. The largest absolute Gasteiger partial charge is 0.384 e. The third-order valence-electron chi connectivity index (χ3n) is 4.20. The van der Waals surface area contributed by atoms with E-state index in [4.69, 9.17) is 4.74 Å². The SMILES string of the molecule is COCC1(CNC(=O)c2ccnc(N(C)C)c2)CCNCC1.Cl.Cl. The molecule has 0 aliphatic carbocycles. The summed E-state index contributed by atoms with van der Waals surface area (Å²) in [6.45, 7) is 3.26. The number of piperidine rings is 1. The van der Waals surface area contributed by atoms with E-state index in [0.717, 1.165) is 31.7 Å². The van der Waals surface area contributed by atoms with Crippen molar-refractivity contribution in [2.45, 2.75) is 12.8 Å². The Kier molecular flexibility index (Phi) is 10.2. The first kappa shape index (κ1) is 22.9. The number of ether oxygens (including phenoxy) is 1. The molecule has 0 unspecified atom stereocenters. The molecule has 138 valence electrons. The lowest BCUT2D eigenvalue weighted by Gasteiger charge is -2.37. The Labute approximate surface area is 156 Å². The van der Waals surface area contributed by atoms with Crippen LogP contribution in [-0.2, 0) is 4.74 Å². The smallest absolute Gasteiger partial charge is 0.251 e. The summed E-state index contributed by atoms with van der Waals surface area (Å²) in [6.07, 6.45) is 3.69. The number of hydrogen-bond acceptors (Lipinski definition) is 5. The second-order valence-electron chi connectivity index (χ2n) is 6.16. The number of methoxy groups -OCH3 is 1. The van der Waals surface area contributed by atoms with E-state index in [2.05, 4.69) is 15.6 Å². The molecule has 2 N–H and O–H groups in total. The minimum Gasteiger partial charge on any atom is -0.384 e. The van der Waals surface area contributed by atoms with Crippen LogP contribution < -0.4 is 15.5 Å². The molecule has 1 aliphatic heterocycles. The van der Waals surface area contributed by atoms with Gasteiger partial charge in [-0.2, -0.15) is 0 Å². The molecule has 2 rings (SSSR count). The van der Waals surface area contributed by atoms with Gasteiger partial charge in [-0.05, 0) is 38.1 Å². The van der Waals surface area contributed by atoms with Crippen molar-refractivity contribution in [1.29, 1.82) is 0 Å². The Balaban J connectivity index is 0.00000264. The van der Waals surface area contributed by atoms with Gasteiger partial charge in [-0.3, -0.25) is 4.79 Å².